The molecule has 2 rings (SSSR count). The Bertz CT molecular complexity index is 456. The second kappa shape index (κ2) is 4.80. The van der Waals surface area contributed by atoms with Gasteiger partial charge in [0.1, 0.15) is 0 Å². The smallest absolute Gasteiger partial charge is 0.203 e. The molecule has 0 amide bonds. The summed E-state index contributed by atoms with van der Waals surface area (Å²) in [4.78, 5) is 0. The highest BCUT2D eigenvalue weighted by Crippen LogP contribution is 2.43. The number of benzene rings is 1. The normalized spacial score (nSPS) is 18.1. The molecule has 0 atom stereocenters. The molecule has 1 aliphatic carbocycles. The lowest BCUT2D eigenvalue weighted by Crippen LogP contribution is -2.33. The molecular formula is C13H16F3NO. The Balaban J connectivity index is 2.60. The van der Waals surface area contributed by atoms with E-state index in [4.69, 9.17) is 5.73 Å². The zero-order valence-electron chi connectivity index (χ0n) is 10.2. The number of halogens is 3. The molecule has 100 valence electrons. The predicted molar refractivity (Wildman–Crippen MR) is 62.1 cm³/mol. The summed E-state index contributed by atoms with van der Waals surface area (Å²) >= 11 is 0. The van der Waals surface area contributed by atoms with Crippen LogP contribution in [-0.4, -0.2) is 13.7 Å². The Kier molecular flexibility index (Phi) is 3.52. The maximum atomic E-state index is 14.2. The molecule has 18 heavy (non-hydrogen) atoms. The lowest BCUT2D eigenvalue weighted by atomic mass is 9.78. The van der Waals surface area contributed by atoms with Gasteiger partial charge in [0.25, 0.3) is 0 Å². The molecule has 0 heterocycles. The van der Waals surface area contributed by atoms with Crippen LogP contribution in [0.25, 0.3) is 0 Å². The number of rotatable bonds is 3. The van der Waals surface area contributed by atoms with Gasteiger partial charge in [-0.3, -0.25) is 0 Å². The Morgan fingerprint density at radius 1 is 1.22 bits per heavy atom. The van der Waals surface area contributed by atoms with E-state index in [0.29, 0.717) is 12.8 Å². The summed E-state index contributed by atoms with van der Waals surface area (Å²) < 4.78 is 45.7. The summed E-state index contributed by atoms with van der Waals surface area (Å²) in [5, 5.41) is 0. The van der Waals surface area contributed by atoms with Crippen molar-refractivity contribution in [3.63, 3.8) is 0 Å². The van der Waals surface area contributed by atoms with Gasteiger partial charge in [-0.25, -0.2) is 8.78 Å². The van der Waals surface area contributed by atoms with Crippen molar-refractivity contribution in [2.75, 3.05) is 13.7 Å². The van der Waals surface area contributed by atoms with Gasteiger partial charge in [-0.1, -0.05) is 12.8 Å². The van der Waals surface area contributed by atoms with E-state index >= 15 is 0 Å². The summed E-state index contributed by atoms with van der Waals surface area (Å²) in [6, 6.07) is 0.922. The van der Waals surface area contributed by atoms with Crippen molar-refractivity contribution >= 4 is 0 Å². The second-order valence-corrected chi connectivity index (χ2v) is 4.76. The summed E-state index contributed by atoms with van der Waals surface area (Å²) in [7, 11) is 1.12. The van der Waals surface area contributed by atoms with Crippen LogP contribution in [0.5, 0.6) is 5.75 Å². The molecule has 0 unspecified atom stereocenters. The number of methoxy groups -OCH3 is 1. The van der Waals surface area contributed by atoms with E-state index in [-0.39, 0.29) is 12.1 Å². The first-order chi connectivity index (χ1) is 8.55. The predicted octanol–water partition coefficient (Wildman–Crippen LogP) is 2.88. The van der Waals surface area contributed by atoms with Gasteiger partial charge >= 0.3 is 0 Å². The molecule has 2 nitrogen and oxygen atoms in total. The third-order valence-corrected chi connectivity index (χ3v) is 3.84. The van der Waals surface area contributed by atoms with E-state index in [1.165, 1.54) is 0 Å². The summed E-state index contributed by atoms with van der Waals surface area (Å²) in [6.45, 7) is 0.220. The van der Waals surface area contributed by atoms with Gasteiger partial charge in [-0.05, 0) is 18.9 Å². The van der Waals surface area contributed by atoms with E-state index in [9.17, 15) is 13.2 Å². The van der Waals surface area contributed by atoms with Crippen LogP contribution in [0.1, 0.15) is 31.2 Å². The van der Waals surface area contributed by atoms with Crippen LogP contribution in [0.15, 0.2) is 6.07 Å². The molecule has 0 bridgehead atoms. The van der Waals surface area contributed by atoms with Crippen LogP contribution in [0.2, 0.25) is 0 Å². The van der Waals surface area contributed by atoms with Crippen LogP contribution in [-0.2, 0) is 5.41 Å². The molecule has 0 saturated heterocycles. The van der Waals surface area contributed by atoms with Crippen molar-refractivity contribution in [2.45, 2.75) is 31.1 Å². The third-order valence-electron chi connectivity index (χ3n) is 3.84. The highest BCUT2D eigenvalue weighted by Gasteiger charge is 2.38. The fraction of sp³-hybridized carbons (Fsp3) is 0.538. The van der Waals surface area contributed by atoms with Crippen molar-refractivity contribution in [1.29, 1.82) is 0 Å². The number of hydrogen-bond donors (Lipinski definition) is 1. The fourth-order valence-electron chi connectivity index (χ4n) is 2.78. The lowest BCUT2D eigenvalue weighted by molar-refractivity contribution is 0.332. The first-order valence-electron chi connectivity index (χ1n) is 5.98. The number of hydrogen-bond acceptors (Lipinski definition) is 2. The van der Waals surface area contributed by atoms with Crippen LogP contribution < -0.4 is 10.5 Å². The van der Waals surface area contributed by atoms with Crippen molar-refractivity contribution < 1.29 is 17.9 Å². The minimum absolute atomic E-state index is 0.137. The Morgan fingerprint density at radius 3 is 2.33 bits per heavy atom. The fourth-order valence-corrected chi connectivity index (χ4v) is 2.78. The summed E-state index contributed by atoms with van der Waals surface area (Å²) in [6.07, 6.45) is 3.21. The van der Waals surface area contributed by atoms with Gasteiger partial charge in [0.15, 0.2) is 17.4 Å². The molecule has 1 saturated carbocycles. The van der Waals surface area contributed by atoms with Gasteiger partial charge in [0, 0.05) is 17.5 Å². The first kappa shape index (κ1) is 13.2. The third kappa shape index (κ3) is 1.86. The van der Waals surface area contributed by atoms with Gasteiger partial charge in [0.05, 0.1) is 7.11 Å². The van der Waals surface area contributed by atoms with Crippen LogP contribution in [0.4, 0.5) is 13.2 Å². The Hall–Kier alpha value is -1.23. The quantitative estimate of drug-likeness (QED) is 0.847. The SMILES string of the molecule is COc1c(F)c(F)cc(C2(CN)CCCC2)c1F. The highest BCUT2D eigenvalue weighted by atomic mass is 19.2. The van der Waals surface area contributed by atoms with Crippen LogP contribution in [0, 0.1) is 17.5 Å². The maximum absolute atomic E-state index is 14.2. The van der Waals surface area contributed by atoms with Gasteiger partial charge in [-0.15, -0.1) is 0 Å². The summed E-state index contributed by atoms with van der Waals surface area (Å²) in [5.74, 6) is -3.87. The molecule has 0 aromatic heterocycles. The van der Waals surface area contributed by atoms with Crippen molar-refractivity contribution in [2.24, 2.45) is 5.73 Å². The standard InChI is InChI=1S/C13H16F3NO/c1-18-12-10(15)8(6-9(14)11(12)16)13(7-17)4-2-3-5-13/h6H,2-5,7,17H2,1H3. The van der Waals surface area contributed by atoms with E-state index in [1.807, 2.05) is 0 Å². The van der Waals surface area contributed by atoms with Crippen LogP contribution >= 0.6 is 0 Å². The summed E-state index contributed by atoms with van der Waals surface area (Å²) in [5.41, 5.74) is 5.27. The minimum Gasteiger partial charge on any atom is -0.491 e. The molecule has 0 spiro atoms. The molecule has 0 aliphatic heterocycles. The zero-order valence-corrected chi connectivity index (χ0v) is 10.2. The monoisotopic (exact) mass is 259 g/mol. The molecule has 0 radical (unpaired) electrons. The number of ether oxygens (including phenoxy) is 1. The van der Waals surface area contributed by atoms with Gasteiger partial charge in [-0.2, -0.15) is 4.39 Å². The van der Waals surface area contributed by atoms with E-state index in [1.54, 1.807) is 0 Å². The molecule has 1 aromatic carbocycles. The van der Waals surface area contributed by atoms with E-state index in [2.05, 4.69) is 4.74 Å². The Morgan fingerprint density at radius 2 is 1.83 bits per heavy atom. The van der Waals surface area contributed by atoms with Gasteiger partial charge in [0.2, 0.25) is 5.82 Å². The second-order valence-electron chi connectivity index (χ2n) is 4.76. The molecule has 1 aliphatic rings. The molecule has 5 heteroatoms. The molecule has 1 aromatic rings. The zero-order chi connectivity index (χ0) is 13.3. The molecular weight excluding hydrogens is 243 g/mol. The van der Waals surface area contributed by atoms with Gasteiger partial charge < -0.3 is 10.5 Å². The molecule has 2 N–H and O–H groups in total. The van der Waals surface area contributed by atoms with Crippen molar-refractivity contribution in [3.05, 3.63) is 29.1 Å². The van der Waals surface area contributed by atoms with E-state index in [0.717, 1.165) is 26.0 Å². The first-order valence-corrected chi connectivity index (χ1v) is 5.98. The average molecular weight is 259 g/mol. The Labute approximate surface area is 104 Å². The average Bonchev–Trinajstić information content (AvgIpc) is 2.84. The number of nitrogens with two attached hydrogens (primary N) is 1. The van der Waals surface area contributed by atoms with E-state index < -0.39 is 28.6 Å². The topological polar surface area (TPSA) is 35.2 Å². The van der Waals surface area contributed by atoms with Crippen LogP contribution in [0.3, 0.4) is 0 Å². The maximum Gasteiger partial charge on any atom is 0.203 e. The largest absolute Gasteiger partial charge is 0.491 e. The lowest BCUT2D eigenvalue weighted by Gasteiger charge is -2.29. The highest BCUT2D eigenvalue weighted by molar-refractivity contribution is 5.39. The van der Waals surface area contributed by atoms with Crippen molar-refractivity contribution in [1.82, 2.24) is 0 Å². The van der Waals surface area contributed by atoms with Crippen molar-refractivity contribution in [3.8, 4) is 5.75 Å². The molecule has 1 fully saturated rings. The minimum atomic E-state index is -1.29.